The van der Waals surface area contributed by atoms with Crippen LogP contribution in [-0.4, -0.2) is 23.9 Å². The van der Waals surface area contributed by atoms with Gasteiger partial charge in [0, 0.05) is 23.9 Å². The lowest BCUT2D eigenvalue weighted by molar-refractivity contribution is -0.128. The first-order chi connectivity index (χ1) is 12.1. The maximum atomic E-state index is 13.3. The van der Waals surface area contributed by atoms with Gasteiger partial charge in [0.05, 0.1) is 0 Å². The molecule has 0 radical (unpaired) electrons. The van der Waals surface area contributed by atoms with Crippen molar-refractivity contribution in [1.29, 1.82) is 0 Å². The summed E-state index contributed by atoms with van der Waals surface area (Å²) in [6, 6.07) is 7.01. The number of carbonyl (C=O) groups excluding carboxylic acids is 2. The van der Waals surface area contributed by atoms with Gasteiger partial charge in [-0.05, 0) is 62.1 Å². The van der Waals surface area contributed by atoms with Gasteiger partial charge < -0.3 is 10.6 Å². The van der Waals surface area contributed by atoms with Gasteiger partial charge in [0.25, 0.3) is 0 Å². The molecule has 4 rings (SSSR count). The van der Waals surface area contributed by atoms with Gasteiger partial charge >= 0.3 is 0 Å². The molecule has 0 aliphatic heterocycles. The summed E-state index contributed by atoms with van der Waals surface area (Å²) >= 11 is 0. The summed E-state index contributed by atoms with van der Waals surface area (Å²) in [5.74, 6) is 0.0713. The molecule has 0 unspecified atom stereocenters. The van der Waals surface area contributed by atoms with E-state index in [0.29, 0.717) is 6.04 Å². The monoisotopic (exact) mass is 344 g/mol. The number of benzene rings is 1. The molecule has 2 N–H and O–H groups in total. The van der Waals surface area contributed by atoms with Crippen LogP contribution in [-0.2, 0) is 9.59 Å². The Kier molecular flexibility index (Phi) is 4.48. The van der Waals surface area contributed by atoms with Gasteiger partial charge in [-0.1, -0.05) is 18.6 Å². The molecule has 4 atom stereocenters. The Morgan fingerprint density at radius 2 is 1.76 bits per heavy atom. The maximum absolute atomic E-state index is 13.3. The summed E-state index contributed by atoms with van der Waals surface area (Å²) < 4.78 is 13.3. The zero-order chi connectivity index (χ0) is 17.4. The van der Waals surface area contributed by atoms with Crippen molar-refractivity contribution in [2.75, 3.05) is 0 Å². The van der Waals surface area contributed by atoms with E-state index in [1.54, 1.807) is 6.07 Å². The molecule has 5 heteroatoms. The molecule has 0 saturated heterocycles. The van der Waals surface area contributed by atoms with E-state index in [1.807, 2.05) is 6.07 Å². The van der Waals surface area contributed by atoms with Gasteiger partial charge in [-0.3, -0.25) is 9.59 Å². The predicted octanol–water partition coefficient (Wildman–Crippen LogP) is 2.88. The van der Waals surface area contributed by atoms with Crippen LogP contribution in [0.1, 0.15) is 56.4 Å². The fraction of sp³-hybridized carbons (Fsp3) is 0.600. The Bertz CT molecular complexity index is 673. The maximum Gasteiger partial charge on any atom is 0.223 e. The molecule has 3 saturated carbocycles. The summed E-state index contributed by atoms with van der Waals surface area (Å²) in [7, 11) is 0. The number of carbonyl (C=O) groups is 2. The van der Waals surface area contributed by atoms with Gasteiger partial charge in [-0.25, -0.2) is 4.39 Å². The Balaban J connectivity index is 1.28. The van der Waals surface area contributed by atoms with Crippen molar-refractivity contribution in [3.63, 3.8) is 0 Å². The topological polar surface area (TPSA) is 58.2 Å². The largest absolute Gasteiger partial charge is 0.353 e. The van der Waals surface area contributed by atoms with Gasteiger partial charge in [0.1, 0.15) is 5.82 Å². The highest BCUT2D eigenvalue weighted by Gasteiger charge is 2.44. The first kappa shape index (κ1) is 16.6. The van der Waals surface area contributed by atoms with Crippen LogP contribution in [0.3, 0.4) is 0 Å². The molecule has 25 heavy (non-hydrogen) atoms. The van der Waals surface area contributed by atoms with Crippen LogP contribution in [0.25, 0.3) is 0 Å². The summed E-state index contributed by atoms with van der Waals surface area (Å²) in [4.78, 5) is 24.7. The fourth-order valence-electron chi connectivity index (χ4n) is 4.00. The second kappa shape index (κ2) is 6.77. The highest BCUT2D eigenvalue weighted by molar-refractivity contribution is 5.83. The molecule has 0 bridgehead atoms. The van der Waals surface area contributed by atoms with Crippen molar-refractivity contribution in [3.05, 3.63) is 35.6 Å². The number of amides is 2. The average molecular weight is 344 g/mol. The van der Waals surface area contributed by atoms with Gasteiger partial charge in [0.2, 0.25) is 11.8 Å². The van der Waals surface area contributed by atoms with E-state index < -0.39 is 0 Å². The third-order valence-corrected chi connectivity index (χ3v) is 5.72. The molecule has 0 spiro atoms. The molecule has 0 heterocycles. The SMILES string of the molecule is O=C(NC1CC1)[C@@H]1CCC[C@H](NC(=O)[C@H]2C[C@H]2c2cccc(F)c2)C1. The van der Waals surface area contributed by atoms with Crippen LogP contribution in [0.5, 0.6) is 0 Å². The lowest BCUT2D eigenvalue weighted by atomic mass is 9.85. The summed E-state index contributed by atoms with van der Waals surface area (Å²) in [6.45, 7) is 0. The number of nitrogens with one attached hydrogen (secondary N) is 2. The third-order valence-electron chi connectivity index (χ3n) is 5.72. The van der Waals surface area contributed by atoms with Gasteiger partial charge in [-0.2, -0.15) is 0 Å². The van der Waals surface area contributed by atoms with E-state index in [-0.39, 0.29) is 41.4 Å². The van der Waals surface area contributed by atoms with Crippen LogP contribution in [0.15, 0.2) is 24.3 Å². The Hall–Kier alpha value is -1.91. The third kappa shape index (κ3) is 4.02. The molecule has 1 aromatic carbocycles. The number of hydrogen-bond acceptors (Lipinski definition) is 2. The average Bonchev–Trinajstić information content (AvgIpc) is 3.49. The van der Waals surface area contributed by atoms with Gasteiger partial charge in [0.15, 0.2) is 0 Å². The van der Waals surface area contributed by atoms with Crippen LogP contribution in [0, 0.1) is 17.7 Å². The van der Waals surface area contributed by atoms with Crippen molar-refractivity contribution < 1.29 is 14.0 Å². The first-order valence-corrected chi connectivity index (χ1v) is 9.46. The van der Waals surface area contributed by atoms with E-state index in [2.05, 4.69) is 10.6 Å². The minimum atomic E-state index is -0.250. The van der Waals surface area contributed by atoms with E-state index in [0.717, 1.165) is 50.5 Å². The van der Waals surface area contributed by atoms with Crippen molar-refractivity contribution in [1.82, 2.24) is 10.6 Å². The molecule has 3 fully saturated rings. The first-order valence-electron chi connectivity index (χ1n) is 9.46. The number of rotatable bonds is 5. The second-order valence-corrected chi connectivity index (χ2v) is 7.86. The van der Waals surface area contributed by atoms with Crippen molar-refractivity contribution in [2.45, 2.75) is 62.9 Å². The molecule has 134 valence electrons. The van der Waals surface area contributed by atoms with Crippen molar-refractivity contribution >= 4 is 11.8 Å². The summed E-state index contributed by atoms with van der Waals surface area (Å²) in [6.07, 6.45) is 6.56. The van der Waals surface area contributed by atoms with Crippen LogP contribution >= 0.6 is 0 Å². The zero-order valence-electron chi connectivity index (χ0n) is 14.3. The number of hydrogen-bond donors (Lipinski definition) is 2. The lowest BCUT2D eigenvalue weighted by Crippen LogP contribution is -2.43. The Labute approximate surface area is 147 Å². The normalized spacial score (nSPS) is 31.2. The van der Waals surface area contributed by atoms with Crippen LogP contribution in [0.2, 0.25) is 0 Å². The van der Waals surface area contributed by atoms with Crippen molar-refractivity contribution in [2.24, 2.45) is 11.8 Å². The Morgan fingerprint density at radius 3 is 2.52 bits per heavy atom. The lowest BCUT2D eigenvalue weighted by Gasteiger charge is -2.29. The van der Waals surface area contributed by atoms with Gasteiger partial charge in [-0.15, -0.1) is 0 Å². The second-order valence-electron chi connectivity index (χ2n) is 7.86. The highest BCUT2D eigenvalue weighted by Crippen LogP contribution is 2.47. The van der Waals surface area contributed by atoms with Crippen molar-refractivity contribution in [3.8, 4) is 0 Å². The molecule has 4 nitrogen and oxygen atoms in total. The highest BCUT2D eigenvalue weighted by atomic mass is 19.1. The number of halogens is 1. The minimum Gasteiger partial charge on any atom is -0.353 e. The molecule has 3 aliphatic rings. The molecule has 0 aromatic heterocycles. The molecular formula is C20H25FN2O2. The van der Waals surface area contributed by atoms with E-state index in [1.165, 1.54) is 12.1 Å². The standard InChI is InChI=1S/C20H25FN2O2/c21-14-5-1-3-12(9-14)17-11-18(17)20(25)23-16-6-2-4-13(10-16)19(24)22-15-7-8-15/h1,3,5,9,13,15-18H,2,4,6-8,10-11H2,(H,22,24)(H,23,25)/t13-,16+,17+,18+/m1/s1. The molecular weight excluding hydrogens is 319 g/mol. The predicted molar refractivity (Wildman–Crippen MR) is 92.3 cm³/mol. The molecule has 3 aliphatic carbocycles. The molecule has 1 aromatic rings. The smallest absolute Gasteiger partial charge is 0.223 e. The zero-order valence-corrected chi connectivity index (χ0v) is 14.3. The van der Waals surface area contributed by atoms with E-state index >= 15 is 0 Å². The Morgan fingerprint density at radius 1 is 0.960 bits per heavy atom. The van der Waals surface area contributed by atoms with Crippen LogP contribution in [0.4, 0.5) is 4.39 Å². The van der Waals surface area contributed by atoms with E-state index in [9.17, 15) is 14.0 Å². The minimum absolute atomic E-state index is 0.0258. The van der Waals surface area contributed by atoms with E-state index in [4.69, 9.17) is 0 Å². The quantitative estimate of drug-likeness (QED) is 0.863. The fourth-order valence-corrected chi connectivity index (χ4v) is 4.00. The summed E-state index contributed by atoms with van der Waals surface area (Å²) in [5, 5.41) is 6.22. The summed E-state index contributed by atoms with van der Waals surface area (Å²) in [5.41, 5.74) is 0.908. The van der Waals surface area contributed by atoms with Crippen LogP contribution < -0.4 is 10.6 Å². The molecule has 2 amide bonds.